The van der Waals surface area contributed by atoms with Crippen LogP contribution < -0.4 is 5.56 Å². The standard InChI is InChI=1S/C18H24N4O2/c23-18-11-15-3-1-2-4-16(15)20-22(18)12-14-5-8-21(9-6-14)13-17-19-7-10-24-17/h7,10-11,14H,1-6,8-9,12-13H2. The molecule has 2 aliphatic rings. The van der Waals surface area contributed by atoms with Crippen molar-refractivity contribution in [3.8, 4) is 0 Å². The Bertz CT molecular complexity index is 730. The van der Waals surface area contributed by atoms with Gasteiger partial charge in [-0.25, -0.2) is 9.67 Å². The monoisotopic (exact) mass is 328 g/mol. The lowest BCUT2D eigenvalue weighted by Crippen LogP contribution is -2.37. The molecule has 0 aromatic carbocycles. The van der Waals surface area contributed by atoms with E-state index < -0.39 is 0 Å². The summed E-state index contributed by atoms with van der Waals surface area (Å²) in [7, 11) is 0. The van der Waals surface area contributed by atoms with Crippen molar-refractivity contribution < 1.29 is 4.42 Å². The average Bonchev–Trinajstić information content (AvgIpc) is 3.10. The highest BCUT2D eigenvalue weighted by molar-refractivity contribution is 5.20. The summed E-state index contributed by atoms with van der Waals surface area (Å²) in [4.78, 5) is 18.9. The topological polar surface area (TPSA) is 64.2 Å². The predicted octanol–water partition coefficient (Wildman–Crippen LogP) is 2.02. The molecule has 0 spiro atoms. The summed E-state index contributed by atoms with van der Waals surface area (Å²) < 4.78 is 7.03. The molecule has 128 valence electrons. The molecule has 0 radical (unpaired) electrons. The highest BCUT2D eigenvalue weighted by Gasteiger charge is 2.22. The lowest BCUT2D eigenvalue weighted by molar-refractivity contribution is 0.152. The van der Waals surface area contributed by atoms with Gasteiger partial charge in [0.05, 0.1) is 18.4 Å². The molecule has 2 aromatic rings. The maximum absolute atomic E-state index is 12.3. The molecule has 0 N–H and O–H groups in total. The molecule has 2 aromatic heterocycles. The molecule has 3 heterocycles. The maximum atomic E-state index is 12.3. The Morgan fingerprint density at radius 3 is 2.83 bits per heavy atom. The Kier molecular flexibility index (Phi) is 4.47. The van der Waals surface area contributed by atoms with Crippen molar-refractivity contribution >= 4 is 0 Å². The van der Waals surface area contributed by atoms with E-state index >= 15 is 0 Å². The van der Waals surface area contributed by atoms with Crippen molar-refractivity contribution in [1.82, 2.24) is 19.7 Å². The van der Waals surface area contributed by atoms with E-state index in [1.54, 1.807) is 17.1 Å². The van der Waals surface area contributed by atoms with Crippen LogP contribution in [0.5, 0.6) is 0 Å². The van der Waals surface area contributed by atoms with Gasteiger partial charge in [0.15, 0.2) is 0 Å². The average molecular weight is 328 g/mol. The molecule has 1 fully saturated rings. The molecule has 1 aliphatic carbocycles. The smallest absolute Gasteiger partial charge is 0.267 e. The van der Waals surface area contributed by atoms with Gasteiger partial charge in [-0.2, -0.15) is 5.10 Å². The summed E-state index contributed by atoms with van der Waals surface area (Å²) in [6.07, 6.45) is 9.89. The van der Waals surface area contributed by atoms with Crippen LogP contribution in [0.3, 0.4) is 0 Å². The largest absolute Gasteiger partial charge is 0.448 e. The van der Waals surface area contributed by atoms with Crippen LogP contribution in [0.15, 0.2) is 27.7 Å². The van der Waals surface area contributed by atoms with Gasteiger partial charge in [0.25, 0.3) is 5.56 Å². The van der Waals surface area contributed by atoms with E-state index in [0.717, 1.165) is 63.4 Å². The van der Waals surface area contributed by atoms with Gasteiger partial charge in [0.1, 0.15) is 6.26 Å². The molecule has 1 aliphatic heterocycles. The summed E-state index contributed by atoms with van der Waals surface area (Å²) in [6, 6.07) is 1.82. The SMILES string of the molecule is O=c1cc2c(nn1CC1CCN(Cc3ncco3)CC1)CCCC2. The van der Waals surface area contributed by atoms with E-state index in [2.05, 4.69) is 15.0 Å². The normalized spacial score (nSPS) is 19.3. The van der Waals surface area contributed by atoms with Crippen molar-refractivity contribution in [3.05, 3.63) is 46.0 Å². The zero-order chi connectivity index (χ0) is 16.4. The molecular formula is C18H24N4O2. The Balaban J connectivity index is 1.36. The number of nitrogens with zero attached hydrogens (tertiary/aromatic N) is 4. The highest BCUT2D eigenvalue weighted by atomic mass is 16.3. The Hall–Kier alpha value is -1.95. The molecule has 0 saturated carbocycles. The zero-order valence-corrected chi connectivity index (χ0v) is 14.0. The quantitative estimate of drug-likeness (QED) is 0.859. The van der Waals surface area contributed by atoms with Crippen LogP contribution in [0.25, 0.3) is 0 Å². The van der Waals surface area contributed by atoms with Crippen LogP contribution in [0.1, 0.15) is 42.8 Å². The summed E-state index contributed by atoms with van der Waals surface area (Å²) in [5.74, 6) is 1.30. The number of likely N-dealkylation sites (tertiary alicyclic amines) is 1. The molecular weight excluding hydrogens is 304 g/mol. The summed E-state index contributed by atoms with van der Waals surface area (Å²) in [5.41, 5.74) is 2.38. The highest BCUT2D eigenvalue weighted by Crippen LogP contribution is 2.21. The number of aryl methyl sites for hydroxylation is 2. The van der Waals surface area contributed by atoms with E-state index in [1.165, 1.54) is 18.4 Å². The number of aromatic nitrogens is 3. The summed E-state index contributed by atoms with van der Waals surface area (Å²) in [6.45, 7) is 3.56. The number of oxazole rings is 1. The van der Waals surface area contributed by atoms with Gasteiger partial charge in [-0.05, 0) is 63.1 Å². The molecule has 1 saturated heterocycles. The lowest BCUT2D eigenvalue weighted by Gasteiger charge is -2.31. The van der Waals surface area contributed by atoms with Gasteiger partial charge in [-0.15, -0.1) is 0 Å². The van der Waals surface area contributed by atoms with Crippen molar-refractivity contribution in [2.45, 2.75) is 51.6 Å². The van der Waals surface area contributed by atoms with Crippen molar-refractivity contribution in [3.63, 3.8) is 0 Å². The number of hydrogen-bond donors (Lipinski definition) is 0. The second-order valence-corrected chi connectivity index (χ2v) is 6.99. The van der Waals surface area contributed by atoms with Crippen LogP contribution >= 0.6 is 0 Å². The molecule has 24 heavy (non-hydrogen) atoms. The van der Waals surface area contributed by atoms with Gasteiger partial charge < -0.3 is 4.42 Å². The third kappa shape index (κ3) is 3.43. The number of piperidine rings is 1. The van der Waals surface area contributed by atoms with Gasteiger partial charge in [-0.1, -0.05) is 0 Å². The Labute approximate surface area is 141 Å². The molecule has 6 heteroatoms. The maximum Gasteiger partial charge on any atom is 0.267 e. The zero-order valence-electron chi connectivity index (χ0n) is 14.0. The van der Waals surface area contributed by atoms with Crippen molar-refractivity contribution in [2.75, 3.05) is 13.1 Å². The van der Waals surface area contributed by atoms with Crippen LogP contribution in [0, 0.1) is 5.92 Å². The van der Waals surface area contributed by atoms with E-state index in [4.69, 9.17) is 4.42 Å². The first-order chi connectivity index (χ1) is 11.8. The number of rotatable bonds is 4. The van der Waals surface area contributed by atoms with Crippen LogP contribution in [-0.4, -0.2) is 32.8 Å². The Morgan fingerprint density at radius 2 is 2.04 bits per heavy atom. The minimum Gasteiger partial charge on any atom is -0.448 e. The van der Waals surface area contributed by atoms with E-state index in [1.807, 2.05) is 6.07 Å². The van der Waals surface area contributed by atoms with Gasteiger partial charge in [0, 0.05) is 12.6 Å². The second kappa shape index (κ2) is 6.89. The predicted molar refractivity (Wildman–Crippen MR) is 89.6 cm³/mol. The van der Waals surface area contributed by atoms with Gasteiger partial charge in [-0.3, -0.25) is 9.69 Å². The second-order valence-electron chi connectivity index (χ2n) is 6.99. The Morgan fingerprint density at radius 1 is 1.21 bits per heavy atom. The minimum atomic E-state index is 0.0675. The van der Waals surface area contributed by atoms with Crippen molar-refractivity contribution in [1.29, 1.82) is 0 Å². The fourth-order valence-corrected chi connectivity index (χ4v) is 3.83. The third-order valence-electron chi connectivity index (χ3n) is 5.25. The van der Waals surface area contributed by atoms with Crippen LogP contribution in [0.2, 0.25) is 0 Å². The van der Waals surface area contributed by atoms with Gasteiger partial charge in [0.2, 0.25) is 5.89 Å². The molecule has 0 unspecified atom stereocenters. The van der Waals surface area contributed by atoms with E-state index in [0.29, 0.717) is 5.92 Å². The molecule has 6 nitrogen and oxygen atoms in total. The van der Waals surface area contributed by atoms with Crippen LogP contribution in [-0.2, 0) is 25.9 Å². The van der Waals surface area contributed by atoms with Crippen LogP contribution in [0.4, 0.5) is 0 Å². The number of hydrogen-bond acceptors (Lipinski definition) is 5. The molecule has 0 amide bonds. The third-order valence-corrected chi connectivity index (χ3v) is 5.25. The van der Waals surface area contributed by atoms with E-state index in [9.17, 15) is 4.79 Å². The fourth-order valence-electron chi connectivity index (χ4n) is 3.83. The molecule has 0 bridgehead atoms. The van der Waals surface area contributed by atoms with Gasteiger partial charge >= 0.3 is 0 Å². The molecule has 4 rings (SSSR count). The lowest BCUT2D eigenvalue weighted by atomic mass is 9.96. The summed E-state index contributed by atoms with van der Waals surface area (Å²) >= 11 is 0. The van der Waals surface area contributed by atoms with Crippen molar-refractivity contribution in [2.24, 2.45) is 5.92 Å². The fraction of sp³-hybridized carbons (Fsp3) is 0.611. The number of fused-ring (bicyclic) bond motifs is 1. The molecule has 0 atom stereocenters. The first-order valence-corrected chi connectivity index (χ1v) is 8.98. The first-order valence-electron chi connectivity index (χ1n) is 8.98. The summed E-state index contributed by atoms with van der Waals surface area (Å²) in [5, 5.41) is 4.65. The van der Waals surface area contributed by atoms with E-state index in [-0.39, 0.29) is 5.56 Å². The first kappa shape index (κ1) is 15.6. The minimum absolute atomic E-state index is 0.0675.